The van der Waals surface area contributed by atoms with E-state index in [0.717, 1.165) is 18.4 Å². The van der Waals surface area contributed by atoms with Crippen molar-refractivity contribution in [1.82, 2.24) is 10.2 Å². The second-order valence-corrected chi connectivity index (χ2v) is 9.05. The molecular weight excluding hydrogens is 433 g/mol. The van der Waals surface area contributed by atoms with E-state index in [9.17, 15) is 26.4 Å². The first-order chi connectivity index (χ1) is 14.5. The molecule has 0 fully saturated rings. The van der Waals surface area contributed by atoms with Crippen LogP contribution in [0.15, 0.2) is 53.4 Å². The minimum atomic E-state index is -4.47. The van der Waals surface area contributed by atoms with E-state index in [1.54, 1.807) is 12.1 Å². The van der Waals surface area contributed by atoms with Crippen LogP contribution in [0.5, 0.6) is 0 Å². The maximum absolute atomic E-state index is 12.9. The molecule has 0 unspecified atom stereocenters. The lowest BCUT2D eigenvalue weighted by Gasteiger charge is -2.10. The van der Waals surface area contributed by atoms with E-state index in [1.165, 1.54) is 24.3 Å². The molecule has 0 radical (unpaired) electrons. The van der Waals surface area contributed by atoms with Crippen molar-refractivity contribution in [2.24, 2.45) is 0 Å². The third-order valence-corrected chi connectivity index (χ3v) is 5.85. The Morgan fingerprint density at radius 3 is 2.13 bits per heavy atom. The minimum Gasteiger partial charge on any atom is -0.481 e. The highest BCUT2D eigenvalue weighted by molar-refractivity contribution is 7.90. The zero-order chi connectivity index (χ0) is 22.8. The number of carboxylic acids is 1. The molecule has 0 saturated heterocycles. The summed E-state index contributed by atoms with van der Waals surface area (Å²) >= 11 is 0. The second-order valence-electron chi connectivity index (χ2n) is 7.04. The summed E-state index contributed by atoms with van der Waals surface area (Å²) in [6.07, 6.45) is -2.84. The molecule has 0 saturated carbocycles. The molecule has 0 aliphatic rings. The van der Waals surface area contributed by atoms with E-state index in [0.29, 0.717) is 40.9 Å². The van der Waals surface area contributed by atoms with E-state index in [4.69, 9.17) is 5.11 Å². The molecule has 3 rings (SSSR count). The van der Waals surface area contributed by atoms with Crippen molar-refractivity contribution < 1.29 is 31.5 Å². The maximum Gasteiger partial charge on any atom is 0.416 e. The Kier molecular flexibility index (Phi) is 6.21. The Labute approximate surface area is 176 Å². The number of rotatable bonds is 7. The molecule has 6 nitrogen and oxygen atoms in total. The van der Waals surface area contributed by atoms with Gasteiger partial charge in [-0.2, -0.15) is 18.3 Å². The zero-order valence-electron chi connectivity index (χ0n) is 16.4. The SMILES string of the molecule is CS(=O)(=O)c1ccc(-c2[nH]nc(CCCC(=O)O)c2-c2ccc(C(F)(F)F)cc2)cc1. The zero-order valence-corrected chi connectivity index (χ0v) is 17.2. The molecule has 0 aliphatic heterocycles. The number of alkyl halides is 3. The van der Waals surface area contributed by atoms with Gasteiger partial charge in [-0.15, -0.1) is 0 Å². The van der Waals surface area contributed by atoms with E-state index >= 15 is 0 Å². The van der Waals surface area contributed by atoms with Crippen molar-refractivity contribution >= 4 is 15.8 Å². The highest BCUT2D eigenvalue weighted by atomic mass is 32.2. The number of nitrogens with zero attached hydrogens (tertiary/aromatic N) is 1. The van der Waals surface area contributed by atoms with Gasteiger partial charge in [0.25, 0.3) is 0 Å². The van der Waals surface area contributed by atoms with Crippen LogP contribution in [-0.2, 0) is 27.2 Å². The van der Waals surface area contributed by atoms with Gasteiger partial charge in [0.15, 0.2) is 9.84 Å². The fraction of sp³-hybridized carbons (Fsp3) is 0.238. The number of carbonyl (C=O) groups is 1. The van der Waals surface area contributed by atoms with E-state index < -0.39 is 27.5 Å². The summed E-state index contributed by atoms with van der Waals surface area (Å²) in [4.78, 5) is 11.0. The fourth-order valence-electron chi connectivity index (χ4n) is 3.18. The van der Waals surface area contributed by atoms with Gasteiger partial charge in [-0.25, -0.2) is 8.42 Å². The van der Waals surface area contributed by atoms with Crippen molar-refractivity contribution in [3.63, 3.8) is 0 Å². The summed E-state index contributed by atoms with van der Waals surface area (Å²) in [5, 5.41) is 16.0. The first-order valence-corrected chi connectivity index (χ1v) is 11.1. The average Bonchev–Trinajstić information content (AvgIpc) is 3.10. The van der Waals surface area contributed by atoms with Crippen molar-refractivity contribution in [2.75, 3.05) is 6.26 Å². The van der Waals surface area contributed by atoms with Gasteiger partial charge >= 0.3 is 12.1 Å². The first kappa shape index (κ1) is 22.5. The van der Waals surface area contributed by atoms with E-state index in [2.05, 4.69) is 10.2 Å². The first-order valence-electron chi connectivity index (χ1n) is 9.24. The number of carboxylic acid groups (broad SMARTS) is 1. The van der Waals surface area contributed by atoms with Crippen LogP contribution in [0.25, 0.3) is 22.4 Å². The normalized spacial score (nSPS) is 12.1. The standard InChI is InChI=1S/C21H19F3N2O4S/c1-31(29,30)16-11-7-14(8-12-16)20-19(17(25-26-20)3-2-4-18(27)28)13-5-9-15(10-6-13)21(22,23)24/h5-12H,2-4H2,1H3,(H,25,26)(H,27,28). The molecule has 10 heteroatoms. The van der Waals surface area contributed by atoms with Gasteiger partial charge in [-0.3, -0.25) is 9.89 Å². The quantitative estimate of drug-likeness (QED) is 0.547. The Bertz CT molecular complexity index is 1180. The molecular formula is C21H19F3N2O4S. The van der Waals surface area contributed by atoms with Gasteiger partial charge in [0, 0.05) is 23.8 Å². The number of aliphatic carboxylic acids is 1. The molecule has 0 atom stereocenters. The fourth-order valence-corrected chi connectivity index (χ4v) is 3.81. The monoisotopic (exact) mass is 452 g/mol. The average molecular weight is 452 g/mol. The van der Waals surface area contributed by atoms with Gasteiger partial charge in [0.05, 0.1) is 21.8 Å². The van der Waals surface area contributed by atoms with Gasteiger partial charge in [-0.1, -0.05) is 24.3 Å². The van der Waals surface area contributed by atoms with E-state index in [1.807, 2.05) is 0 Å². The molecule has 2 N–H and O–H groups in total. The van der Waals surface area contributed by atoms with Gasteiger partial charge in [-0.05, 0) is 42.7 Å². The van der Waals surface area contributed by atoms with Crippen LogP contribution < -0.4 is 0 Å². The lowest BCUT2D eigenvalue weighted by atomic mass is 9.96. The highest BCUT2D eigenvalue weighted by Gasteiger charge is 2.30. The number of aromatic nitrogens is 2. The van der Waals surface area contributed by atoms with Gasteiger partial charge < -0.3 is 5.11 Å². The summed E-state index contributed by atoms with van der Waals surface area (Å²) < 4.78 is 62.2. The van der Waals surface area contributed by atoms with Crippen molar-refractivity contribution in [1.29, 1.82) is 0 Å². The summed E-state index contributed by atoms with van der Waals surface area (Å²) in [6.45, 7) is 0. The number of hydrogen-bond donors (Lipinski definition) is 2. The molecule has 0 bridgehead atoms. The molecule has 2 aromatic carbocycles. The number of nitrogens with one attached hydrogen (secondary N) is 1. The smallest absolute Gasteiger partial charge is 0.416 e. The highest BCUT2D eigenvalue weighted by Crippen LogP contribution is 2.36. The molecule has 1 aromatic heterocycles. The predicted octanol–water partition coefficient (Wildman–Crippen LogP) is 4.57. The number of halogens is 3. The van der Waals surface area contributed by atoms with Crippen LogP contribution in [0.2, 0.25) is 0 Å². The maximum atomic E-state index is 12.9. The molecule has 1 heterocycles. The topological polar surface area (TPSA) is 100 Å². The Hall–Kier alpha value is -3.14. The summed E-state index contributed by atoms with van der Waals surface area (Å²) in [6, 6.07) is 10.7. The number of H-pyrrole nitrogens is 1. The molecule has 0 amide bonds. The van der Waals surface area contributed by atoms with Crippen molar-refractivity contribution in [3.8, 4) is 22.4 Å². The van der Waals surface area contributed by atoms with E-state index in [-0.39, 0.29) is 11.3 Å². The van der Waals surface area contributed by atoms with Crippen molar-refractivity contribution in [3.05, 3.63) is 59.8 Å². The summed E-state index contributed by atoms with van der Waals surface area (Å²) in [5.74, 6) is -0.955. The van der Waals surface area contributed by atoms with Gasteiger partial charge in [0.1, 0.15) is 0 Å². The molecule has 3 aromatic rings. The van der Waals surface area contributed by atoms with Crippen LogP contribution in [0.4, 0.5) is 13.2 Å². The van der Waals surface area contributed by atoms with Gasteiger partial charge in [0.2, 0.25) is 0 Å². The third kappa shape index (κ3) is 5.32. The Balaban J connectivity index is 2.05. The van der Waals surface area contributed by atoms with Crippen LogP contribution in [-0.4, -0.2) is 35.9 Å². The third-order valence-electron chi connectivity index (χ3n) is 4.72. The molecule has 164 valence electrons. The number of sulfone groups is 1. The lowest BCUT2D eigenvalue weighted by molar-refractivity contribution is -0.138. The summed E-state index contributed by atoms with van der Waals surface area (Å²) in [5.41, 5.74) is 1.86. The minimum absolute atomic E-state index is 0.0717. The Morgan fingerprint density at radius 1 is 1.03 bits per heavy atom. The van der Waals surface area contributed by atoms with Crippen LogP contribution in [0, 0.1) is 0 Å². The summed E-state index contributed by atoms with van der Waals surface area (Å²) in [7, 11) is -3.39. The number of hydrogen-bond acceptors (Lipinski definition) is 4. The number of aromatic amines is 1. The number of aryl methyl sites for hydroxylation is 1. The largest absolute Gasteiger partial charge is 0.481 e. The molecule has 0 aliphatic carbocycles. The predicted molar refractivity (Wildman–Crippen MR) is 108 cm³/mol. The Morgan fingerprint density at radius 2 is 1.61 bits per heavy atom. The molecule has 0 spiro atoms. The lowest BCUT2D eigenvalue weighted by Crippen LogP contribution is -2.04. The van der Waals surface area contributed by atoms with Crippen LogP contribution in [0.3, 0.4) is 0 Å². The van der Waals surface area contributed by atoms with Crippen molar-refractivity contribution in [2.45, 2.75) is 30.3 Å². The van der Waals surface area contributed by atoms with Crippen LogP contribution in [0.1, 0.15) is 24.1 Å². The number of benzene rings is 2. The van der Waals surface area contributed by atoms with Crippen LogP contribution >= 0.6 is 0 Å². The molecule has 31 heavy (non-hydrogen) atoms. The second kappa shape index (κ2) is 8.54.